The molecule has 0 bridgehead atoms. The third-order valence-electron chi connectivity index (χ3n) is 4.13. The summed E-state index contributed by atoms with van der Waals surface area (Å²) in [7, 11) is -2.41. The molecule has 8 nitrogen and oxygen atoms in total. The Morgan fingerprint density at radius 1 is 1.06 bits per heavy atom. The molecule has 0 saturated carbocycles. The van der Waals surface area contributed by atoms with Crippen LogP contribution in [0, 0.1) is 0 Å². The molecule has 1 heterocycles. The Balaban J connectivity index is 1.71. The Hall–Kier alpha value is -2.85. The molecule has 0 aliphatic carbocycles. The number of aromatic nitrogens is 1. The second kappa shape index (κ2) is 10.6. The van der Waals surface area contributed by atoms with Crippen molar-refractivity contribution in [2.45, 2.75) is 4.90 Å². The van der Waals surface area contributed by atoms with Crippen molar-refractivity contribution >= 4 is 50.5 Å². The van der Waals surface area contributed by atoms with Crippen molar-refractivity contribution in [3.8, 4) is 5.88 Å². The van der Waals surface area contributed by atoms with Crippen molar-refractivity contribution in [3.63, 3.8) is 0 Å². The third-order valence-corrected chi connectivity index (χ3v) is 6.23. The fourth-order valence-electron chi connectivity index (χ4n) is 2.60. The average molecular weight is 496 g/mol. The van der Waals surface area contributed by atoms with Crippen molar-refractivity contribution < 1.29 is 22.7 Å². The summed E-state index contributed by atoms with van der Waals surface area (Å²) < 4.78 is 38.1. The zero-order valence-corrected chi connectivity index (χ0v) is 19.2. The summed E-state index contributed by atoms with van der Waals surface area (Å²) in [4.78, 5) is 16.6. The third kappa shape index (κ3) is 6.10. The van der Waals surface area contributed by atoms with Crippen LogP contribution in [0.15, 0.2) is 65.7 Å². The summed E-state index contributed by atoms with van der Waals surface area (Å²) in [6, 6.07) is 13.4. The van der Waals surface area contributed by atoms with Crippen LogP contribution in [-0.4, -0.2) is 39.6 Å². The number of sulfonamides is 1. The zero-order valence-electron chi connectivity index (χ0n) is 16.8. The van der Waals surface area contributed by atoms with Crippen LogP contribution in [0.5, 0.6) is 5.88 Å². The van der Waals surface area contributed by atoms with Crippen molar-refractivity contribution in [1.29, 1.82) is 0 Å². The molecular formula is C21H19Cl2N3O5S. The first-order valence-electron chi connectivity index (χ1n) is 9.26. The van der Waals surface area contributed by atoms with Gasteiger partial charge < -0.3 is 14.8 Å². The number of hydrogen-bond acceptors (Lipinski definition) is 6. The number of nitrogens with zero attached hydrogens (tertiary/aromatic N) is 1. The van der Waals surface area contributed by atoms with Gasteiger partial charge in [0.2, 0.25) is 5.88 Å². The van der Waals surface area contributed by atoms with Crippen LogP contribution >= 0.6 is 23.2 Å². The summed E-state index contributed by atoms with van der Waals surface area (Å²) >= 11 is 11.9. The molecule has 0 fully saturated rings. The van der Waals surface area contributed by atoms with E-state index in [1.807, 2.05) is 0 Å². The highest BCUT2D eigenvalue weighted by atomic mass is 35.5. The van der Waals surface area contributed by atoms with Crippen LogP contribution in [-0.2, 0) is 14.8 Å². The van der Waals surface area contributed by atoms with Gasteiger partial charge in [-0.1, -0.05) is 23.2 Å². The number of carbonyl (C=O) groups is 1. The summed E-state index contributed by atoms with van der Waals surface area (Å²) in [6.07, 6.45) is 1.55. The van der Waals surface area contributed by atoms with Gasteiger partial charge in [0.25, 0.3) is 15.9 Å². The van der Waals surface area contributed by atoms with E-state index >= 15 is 0 Å². The van der Waals surface area contributed by atoms with E-state index in [4.69, 9.17) is 32.7 Å². The smallest absolute Gasteiger partial charge is 0.263 e. The summed E-state index contributed by atoms with van der Waals surface area (Å²) in [6.45, 7) is 0.656. The van der Waals surface area contributed by atoms with Crippen molar-refractivity contribution in [3.05, 3.63) is 76.4 Å². The number of benzene rings is 2. The Kier molecular flexibility index (Phi) is 7.92. The van der Waals surface area contributed by atoms with Gasteiger partial charge in [0, 0.05) is 29.6 Å². The quantitative estimate of drug-likeness (QED) is 0.424. The summed E-state index contributed by atoms with van der Waals surface area (Å²) in [5.41, 5.74) is 0.956. The Morgan fingerprint density at radius 3 is 2.53 bits per heavy atom. The number of pyridine rings is 1. The van der Waals surface area contributed by atoms with Crippen molar-refractivity contribution in [1.82, 2.24) is 4.98 Å². The number of methoxy groups -OCH3 is 1. The number of rotatable bonds is 9. The van der Waals surface area contributed by atoms with Crippen LogP contribution < -0.4 is 14.8 Å². The number of ether oxygens (including phenoxy) is 2. The molecule has 2 N–H and O–H groups in total. The first-order valence-corrected chi connectivity index (χ1v) is 11.5. The first kappa shape index (κ1) is 23.8. The van der Waals surface area contributed by atoms with Gasteiger partial charge in [0.05, 0.1) is 11.6 Å². The molecule has 0 spiro atoms. The fourth-order valence-corrected chi connectivity index (χ4v) is 4.42. The van der Waals surface area contributed by atoms with Crippen molar-refractivity contribution in [2.75, 3.05) is 30.4 Å². The maximum atomic E-state index is 12.6. The molecule has 32 heavy (non-hydrogen) atoms. The van der Waals surface area contributed by atoms with Gasteiger partial charge in [-0.15, -0.1) is 0 Å². The lowest BCUT2D eigenvalue weighted by atomic mass is 10.2. The number of hydrogen-bond donors (Lipinski definition) is 2. The SMILES string of the molecule is COCCOc1ncccc1NC(=O)c1ccc(NS(=O)(=O)c2cc(Cl)ccc2Cl)cc1. The maximum absolute atomic E-state index is 12.6. The predicted octanol–water partition coefficient (Wildman–Crippen LogP) is 4.47. The van der Waals surface area contributed by atoms with Crippen LogP contribution in [0.4, 0.5) is 11.4 Å². The van der Waals surface area contributed by atoms with E-state index < -0.39 is 15.9 Å². The molecule has 0 aliphatic rings. The molecule has 1 aromatic heterocycles. The molecule has 3 rings (SSSR count). The van der Waals surface area contributed by atoms with Gasteiger partial charge >= 0.3 is 0 Å². The van der Waals surface area contributed by atoms with E-state index in [0.717, 1.165) is 0 Å². The van der Waals surface area contributed by atoms with E-state index in [9.17, 15) is 13.2 Å². The average Bonchev–Trinajstić information content (AvgIpc) is 2.77. The molecule has 0 saturated heterocycles. The van der Waals surface area contributed by atoms with E-state index in [0.29, 0.717) is 17.9 Å². The second-order valence-electron chi connectivity index (χ2n) is 6.41. The molecular weight excluding hydrogens is 477 g/mol. The van der Waals surface area contributed by atoms with E-state index in [-0.39, 0.29) is 33.1 Å². The molecule has 0 radical (unpaired) electrons. The normalized spacial score (nSPS) is 11.1. The standard InChI is InChI=1S/C21H19Cl2N3O5S/c1-30-11-12-31-21-18(3-2-10-24-21)25-20(27)14-4-7-16(8-5-14)26-32(28,29)19-13-15(22)6-9-17(19)23/h2-10,13,26H,11-12H2,1H3,(H,25,27). The zero-order chi connectivity index (χ0) is 23.1. The number of anilines is 2. The minimum atomic E-state index is -3.97. The second-order valence-corrected chi connectivity index (χ2v) is 8.90. The summed E-state index contributed by atoms with van der Waals surface area (Å²) in [5.74, 6) is -0.150. The minimum Gasteiger partial charge on any atom is -0.474 e. The van der Waals surface area contributed by atoms with E-state index in [2.05, 4.69) is 15.0 Å². The Bertz CT molecular complexity index is 1200. The summed E-state index contributed by atoms with van der Waals surface area (Å²) in [5, 5.41) is 3.00. The van der Waals surface area contributed by atoms with Crippen molar-refractivity contribution in [2.24, 2.45) is 0 Å². The van der Waals surface area contributed by atoms with Gasteiger partial charge in [-0.05, 0) is 54.6 Å². The highest BCUT2D eigenvalue weighted by Gasteiger charge is 2.19. The molecule has 0 aliphatic heterocycles. The number of amides is 1. The van der Waals surface area contributed by atoms with Crippen LogP contribution in [0.25, 0.3) is 0 Å². The van der Waals surface area contributed by atoms with Crippen LogP contribution in [0.1, 0.15) is 10.4 Å². The van der Waals surface area contributed by atoms with Gasteiger partial charge in [-0.25, -0.2) is 13.4 Å². The lowest BCUT2D eigenvalue weighted by Gasteiger charge is -2.12. The van der Waals surface area contributed by atoms with Gasteiger partial charge in [0.1, 0.15) is 17.2 Å². The molecule has 2 aromatic carbocycles. The van der Waals surface area contributed by atoms with E-state index in [1.54, 1.807) is 25.4 Å². The molecule has 11 heteroatoms. The predicted molar refractivity (Wildman–Crippen MR) is 123 cm³/mol. The minimum absolute atomic E-state index is 0.0397. The molecule has 0 unspecified atom stereocenters. The molecule has 1 amide bonds. The van der Waals surface area contributed by atoms with E-state index in [1.165, 1.54) is 42.5 Å². The lowest BCUT2D eigenvalue weighted by Crippen LogP contribution is -2.15. The maximum Gasteiger partial charge on any atom is 0.263 e. The number of carbonyl (C=O) groups excluding carboxylic acids is 1. The first-order chi connectivity index (χ1) is 15.3. The fraction of sp³-hybridized carbons (Fsp3) is 0.143. The monoisotopic (exact) mass is 495 g/mol. The van der Waals surface area contributed by atoms with Crippen LogP contribution in [0.2, 0.25) is 10.0 Å². The van der Waals surface area contributed by atoms with Crippen LogP contribution in [0.3, 0.4) is 0 Å². The molecule has 168 valence electrons. The largest absolute Gasteiger partial charge is 0.474 e. The molecule has 3 aromatic rings. The highest BCUT2D eigenvalue weighted by Crippen LogP contribution is 2.27. The Morgan fingerprint density at radius 2 is 1.81 bits per heavy atom. The van der Waals surface area contributed by atoms with Gasteiger partial charge in [-0.2, -0.15) is 0 Å². The Labute approximate surface area is 195 Å². The number of nitrogens with one attached hydrogen (secondary N) is 2. The van der Waals surface area contributed by atoms with Gasteiger partial charge in [-0.3, -0.25) is 9.52 Å². The number of halogens is 2. The highest BCUT2D eigenvalue weighted by molar-refractivity contribution is 7.92. The molecule has 0 atom stereocenters. The topological polar surface area (TPSA) is 107 Å². The van der Waals surface area contributed by atoms with Gasteiger partial charge in [0.15, 0.2) is 0 Å². The lowest BCUT2D eigenvalue weighted by molar-refractivity contribution is 0.102.